The van der Waals surface area contributed by atoms with Crippen LogP contribution in [0.4, 0.5) is 13.6 Å². The Morgan fingerprint density at radius 2 is 2.04 bits per heavy atom. The van der Waals surface area contributed by atoms with E-state index in [0.29, 0.717) is 12.6 Å². The van der Waals surface area contributed by atoms with Gasteiger partial charge in [0.25, 0.3) is 11.8 Å². The molecular formula is C15H15F2N3O5. The van der Waals surface area contributed by atoms with Crippen molar-refractivity contribution in [2.45, 2.75) is 6.42 Å². The van der Waals surface area contributed by atoms with Gasteiger partial charge in [0.1, 0.15) is 11.6 Å². The lowest BCUT2D eigenvalue weighted by Crippen LogP contribution is -2.37. The Labute approximate surface area is 141 Å². The van der Waals surface area contributed by atoms with Gasteiger partial charge >= 0.3 is 12.0 Å². The first-order valence-corrected chi connectivity index (χ1v) is 7.35. The zero-order valence-electron chi connectivity index (χ0n) is 13.0. The summed E-state index contributed by atoms with van der Waals surface area (Å²) in [6, 6.07) is 1.95. The lowest BCUT2D eigenvalue weighted by atomic mass is 10.2. The van der Waals surface area contributed by atoms with Crippen molar-refractivity contribution in [3.63, 3.8) is 0 Å². The van der Waals surface area contributed by atoms with Crippen LogP contribution in [0.2, 0.25) is 0 Å². The lowest BCUT2D eigenvalue weighted by Gasteiger charge is -2.12. The second-order valence-electron chi connectivity index (χ2n) is 5.07. The molecule has 1 aromatic carbocycles. The number of carbonyl (C=O) groups excluding carboxylic acids is 4. The lowest BCUT2D eigenvalue weighted by molar-refractivity contribution is -0.150. The number of imide groups is 1. The number of rotatable bonds is 6. The molecule has 25 heavy (non-hydrogen) atoms. The van der Waals surface area contributed by atoms with Gasteiger partial charge in [-0.15, -0.1) is 0 Å². The van der Waals surface area contributed by atoms with Crippen molar-refractivity contribution in [1.82, 2.24) is 15.5 Å². The smallest absolute Gasteiger partial charge is 0.324 e. The number of urea groups is 1. The van der Waals surface area contributed by atoms with Crippen molar-refractivity contribution in [2.75, 3.05) is 26.2 Å². The average Bonchev–Trinajstić information content (AvgIpc) is 2.98. The molecule has 0 radical (unpaired) electrons. The van der Waals surface area contributed by atoms with E-state index in [4.69, 9.17) is 4.74 Å². The van der Waals surface area contributed by atoms with Crippen LogP contribution in [0.5, 0.6) is 0 Å². The Morgan fingerprint density at radius 3 is 2.68 bits per heavy atom. The third kappa shape index (κ3) is 4.96. The fraction of sp³-hybridized carbons (Fsp3) is 0.333. The molecule has 2 N–H and O–H groups in total. The van der Waals surface area contributed by atoms with Crippen LogP contribution in [0.1, 0.15) is 16.8 Å². The van der Waals surface area contributed by atoms with Crippen molar-refractivity contribution in [1.29, 1.82) is 0 Å². The van der Waals surface area contributed by atoms with Crippen LogP contribution < -0.4 is 10.6 Å². The Morgan fingerprint density at radius 1 is 1.28 bits per heavy atom. The van der Waals surface area contributed by atoms with Gasteiger partial charge in [-0.3, -0.25) is 19.3 Å². The van der Waals surface area contributed by atoms with E-state index in [0.717, 1.165) is 17.0 Å². The number of nitrogens with one attached hydrogen (secondary N) is 2. The van der Waals surface area contributed by atoms with Crippen LogP contribution in [0.25, 0.3) is 0 Å². The molecule has 134 valence electrons. The minimum Gasteiger partial charge on any atom is -0.455 e. The number of carbonyl (C=O) groups is 4. The molecule has 0 aromatic heterocycles. The highest BCUT2D eigenvalue weighted by atomic mass is 19.1. The van der Waals surface area contributed by atoms with Crippen molar-refractivity contribution >= 4 is 23.8 Å². The summed E-state index contributed by atoms with van der Waals surface area (Å²) in [5.74, 6) is -4.06. The summed E-state index contributed by atoms with van der Waals surface area (Å²) in [4.78, 5) is 47.0. The van der Waals surface area contributed by atoms with Gasteiger partial charge in [0.2, 0.25) is 0 Å². The molecule has 1 aromatic rings. The van der Waals surface area contributed by atoms with E-state index < -0.39 is 42.1 Å². The summed E-state index contributed by atoms with van der Waals surface area (Å²) in [6.45, 7) is -0.210. The third-order valence-electron chi connectivity index (χ3n) is 3.30. The highest BCUT2D eigenvalue weighted by Crippen LogP contribution is 2.09. The standard InChI is InChI=1S/C15H15F2N3O5/c16-9-1-2-10(11(17)7-9)14(23)18-4-3-13(22)25-8-12(21)20-6-5-19-15(20)24/h1-2,7H,3-6,8H2,(H,18,23)(H,19,24). The molecule has 0 spiro atoms. The maximum atomic E-state index is 13.4. The van der Waals surface area contributed by atoms with Crippen LogP contribution >= 0.6 is 0 Å². The van der Waals surface area contributed by atoms with Gasteiger partial charge in [0.05, 0.1) is 12.0 Å². The maximum Gasteiger partial charge on any atom is 0.324 e. The van der Waals surface area contributed by atoms with Crippen molar-refractivity contribution in [3.8, 4) is 0 Å². The Bertz CT molecular complexity index is 710. The predicted octanol–water partition coefficient (Wildman–Crippen LogP) is 0.180. The van der Waals surface area contributed by atoms with Crippen LogP contribution in [0, 0.1) is 11.6 Å². The van der Waals surface area contributed by atoms with E-state index in [1.54, 1.807) is 0 Å². The fourth-order valence-corrected chi connectivity index (χ4v) is 2.05. The zero-order valence-corrected chi connectivity index (χ0v) is 13.0. The van der Waals surface area contributed by atoms with Crippen LogP contribution in [0.3, 0.4) is 0 Å². The van der Waals surface area contributed by atoms with Gasteiger partial charge in [-0.25, -0.2) is 13.6 Å². The molecule has 0 atom stereocenters. The highest BCUT2D eigenvalue weighted by molar-refractivity contribution is 5.97. The Hall–Kier alpha value is -3.04. The Balaban J connectivity index is 1.70. The number of benzene rings is 1. The zero-order chi connectivity index (χ0) is 18.4. The number of ether oxygens (including phenoxy) is 1. The number of halogens is 2. The highest BCUT2D eigenvalue weighted by Gasteiger charge is 2.26. The molecule has 4 amide bonds. The molecule has 1 aliphatic heterocycles. The maximum absolute atomic E-state index is 13.4. The quantitative estimate of drug-likeness (QED) is 0.709. The summed E-state index contributed by atoms with van der Waals surface area (Å²) in [5, 5.41) is 4.71. The fourth-order valence-electron chi connectivity index (χ4n) is 2.05. The number of hydrogen-bond donors (Lipinski definition) is 2. The summed E-state index contributed by atoms with van der Waals surface area (Å²) in [6.07, 6.45) is -0.256. The van der Waals surface area contributed by atoms with Crippen molar-refractivity contribution in [3.05, 3.63) is 35.4 Å². The third-order valence-corrected chi connectivity index (χ3v) is 3.30. The van der Waals surface area contributed by atoms with E-state index in [-0.39, 0.29) is 25.1 Å². The minimum absolute atomic E-state index is 0.160. The summed E-state index contributed by atoms with van der Waals surface area (Å²) in [7, 11) is 0. The van der Waals surface area contributed by atoms with E-state index in [1.165, 1.54) is 0 Å². The second-order valence-corrected chi connectivity index (χ2v) is 5.07. The van der Waals surface area contributed by atoms with Crippen LogP contribution in [-0.2, 0) is 14.3 Å². The van der Waals surface area contributed by atoms with Gasteiger partial charge < -0.3 is 15.4 Å². The van der Waals surface area contributed by atoms with Crippen molar-refractivity contribution < 1.29 is 32.7 Å². The van der Waals surface area contributed by atoms with Crippen LogP contribution in [-0.4, -0.2) is 55.0 Å². The van der Waals surface area contributed by atoms with Crippen LogP contribution in [0.15, 0.2) is 18.2 Å². The first-order valence-electron chi connectivity index (χ1n) is 7.35. The topological polar surface area (TPSA) is 105 Å². The van der Waals surface area contributed by atoms with Gasteiger partial charge in [-0.05, 0) is 12.1 Å². The van der Waals surface area contributed by atoms with Crippen molar-refractivity contribution in [2.24, 2.45) is 0 Å². The number of nitrogens with zero attached hydrogens (tertiary/aromatic N) is 1. The number of hydrogen-bond acceptors (Lipinski definition) is 5. The monoisotopic (exact) mass is 355 g/mol. The molecule has 0 aliphatic carbocycles. The normalized spacial score (nSPS) is 13.4. The number of esters is 1. The summed E-state index contributed by atoms with van der Waals surface area (Å²) >= 11 is 0. The minimum atomic E-state index is -1.02. The molecule has 0 bridgehead atoms. The molecule has 0 unspecified atom stereocenters. The van der Waals surface area contributed by atoms with E-state index >= 15 is 0 Å². The number of amides is 4. The van der Waals surface area contributed by atoms with E-state index in [1.807, 2.05) is 0 Å². The summed E-state index contributed by atoms with van der Waals surface area (Å²) < 4.78 is 30.9. The van der Waals surface area contributed by atoms with Gasteiger partial charge in [0, 0.05) is 25.7 Å². The molecule has 2 rings (SSSR count). The molecule has 1 fully saturated rings. The predicted molar refractivity (Wildman–Crippen MR) is 79.4 cm³/mol. The largest absolute Gasteiger partial charge is 0.455 e. The van der Waals surface area contributed by atoms with Gasteiger partial charge in [-0.2, -0.15) is 0 Å². The van der Waals surface area contributed by atoms with Gasteiger partial charge in [-0.1, -0.05) is 0 Å². The molecule has 10 heteroatoms. The molecule has 0 saturated carbocycles. The Kier molecular flexibility index (Phi) is 5.98. The first kappa shape index (κ1) is 18.3. The molecule has 8 nitrogen and oxygen atoms in total. The second kappa shape index (κ2) is 8.18. The molecule has 1 heterocycles. The summed E-state index contributed by atoms with van der Waals surface area (Å²) in [5.41, 5.74) is -0.356. The van der Waals surface area contributed by atoms with E-state index in [9.17, 15) is 28.0 Å². The average molecular weight is 355 g/mol. The molecule has 1 saturated heterocycles. The molecule has 1 aliphatic rings. The SMILES string of the molecule is O=C(CCNC(=O)c1ccc(F)cc1F)OCC(=O)N1CCNC1=O. The molecular weight excluding hydrogens is 340 g/mol. The van der Waals surface area contributed by atoms with E-state index in [2.05, 4.69) is 10.6 Å². The first-order chi connectivity index (χ1) is 11.9. The van der Waals surface area contributed by atoms with Gasteiger partial charge in [0.15, 0.2) is 6.61 Å².